The van der Waals surface area contributed by atoms with Crippen LogP contribution in [-0.2, 0) is 11.1 Å². The molecule has 0 saturated heterocycles. The lowest BCUT2D eigenvalue weighted by Gasteiger charge is -2.08. The first-order chi connectivity index (χ1) is 14.8. The van der Waals surface area contributed by atoms with Gasteiger partial charge in [0.1, 0.15) is 0 Å². The first-order valence-electron chi connectivity index (χ1n) is 9.31. The highest BCUT2D eigenvalue weighted by Gasteiger charge is 2.12. The molecule has 5 rings (SSSR count). The molecule has 0 saturated carbocycles. The molecule has 1 aromatic carbocycles. The van der Waals surface area contributed by atoms with Gasteiger partial charge >= 0.3 is 0 Å². The summed E-state index contributed by atoms with van der Waals surface area (Å²) in [4.78, 5) is 9.09. The number of halogens is 1. The van der Waals surface area contributed by atoms with E-state index in [0.717, 1.165) is 33.7 Å². The third kappa shape index (κ3) is 3.75. The molecular formula is C21H19IN8. The summed E-state index contributed by atoms with van der Waals surface area (Å²) in [5, 5.41) is 12.0. The van der Waals surface area contributed by atoms with Crippen LogP contribution in [0.1, 0.15) is 5.56 Å². The van der Waals surface area contributed by atoms with Crippen molar-refractivity contribution in [3.63, 3.8) is 0 Å². The number of hydrogen-bond acceptors (Lipinski definition) is 5. The van der Waals surface area contributed by atoms with E-state index in [-0.39, 0.29) is 20.7 Å². The zero-order chi connectivity index (χ0) is 20.3. The maximum Gasteiger partial charge on any atom is 0.180 e. The zero-order valence-electron chi connectivity index (χ0n) is 16.1. The summed E-state index contributed by atoms with van der Waals surface area (Å²) in [6.45, 7) is 0.745. The number of hydrogen-bond donors (Lipinski definition) is 1. The molecular weight excluding hydrogens is 491 g/mol. The fourth-order valence-corrected chi connectivity index (χ4v) is 4.15. The minimum absolute atomic E-state index is 0.0976. The van der Waals surface area contributed by atoms with Crippen molar-refractivity contribution in [3.05, 3.63) is 79.3 Å². The molecule has 30 heavy (non-hydrogen) atoms. The Hall–Kier alpha value is -3.34. The second-order valence-electron chi connectivity index (χ2n) is 6.72. The lowest BCUT2D eigenvalue weighted by molar-refractivity contribution is 0.687. The fraction of sp³-hybridized carbons (Fsp3) is 0.0952. The summed E-state index contributed by atoms with van der Waals surface area (Å²) in [6, 6.07) is 10.2. The topological polar surface area (TPSA) is 77.9 Å². The lowest BCUT2D eigenvalue weighted by atomic mass is 10.2. The van der Waals surface area contributed by atoms with Gasteiger partial charge in [0.2, 0.25) is 0 Å². The Morgan fingerprint density at radius 3 is 2.67 bits per heavy atom. The van der Waals surface area contributed by atoms with E-state index in [0.29, 0.717) is 5.82 Å². The van der Waals surface area contributed by atoms with E-state index < -0.39 is 0 Å². The average Bonchev–Trinajstić information content (AvgIpc) is 3.51. The Morgan fingerprint density at radius 2 is 1.87 bits per heavy atom. The molecule has 0 radical (unpaired) electrons. The van der Waals surface area contributed by atoms with E-state index in [2.05, 4.69) is 42.1 Å². The SMILES string of the molecule is C=ICn1cc(-c2cnc3c(Nc4ccc(Cn5cccn5)cc4)nccn23)cn1. The molecule has 4 aromatic heterocycles. The summed E-state index contributed by atoms with van der Waals surface area (Å²) in [7, 11) is 0. The van der Waals surface area contributed by atoms with Crippen molar-refractivity contribution in [3.8, 4) is 11.3 Å². The number of alkyl halides is 1. The summed E-state index contributed by atoms with van der Waals surface area (Å²) < 4.78 is 10.8. The third-order valence-electron chi connectivity index (χ3n) is 4.68. The molecule has 1 N–H and O–H groups in total. The van der Waals surface area contributed by atoms with E-state index in [1.54, 1.807) is 12.4 Å². The van der Waals surface area contributed by atoms with Crippen LogP contribution < -0.4 is 5.32 Å². The van der Waals surface area contributed by atoms with Crippen molar-refractivity contribution in [2.75, 3.05) is 5.32 Å². The molecule has 0 aliphatic rings. The maximum atomic E-state index is 4.60. The van der Waals surface area contributed by atoms with Crippen molar-refractivity contribution in [1.82, 2.24) is 33.9 Å². The molecule has 0 bridgehead atoms. The lowest BCUT2D eigenvalue weighted by Crippen LogP contribution is -2.01. The Balaban J connectivity index is 1.39. The normalized spacial score (nSPS) is 11.2. The molecule has 5 aromatic rings. The van der Waals surface area contributed by atoms with Crippen LogP contribution in [0, 0.1) is 0 Å². The van der Waals surface area contributed by atoms with Crippen LogP contribution in [0.3, 0.4) is 0 Å². The van der Waals surface area contributed by atoms with Gasteiger partial charge in [-0.05, 0) is 23.8 Å². The summed E-state index contributed by atoms with van der Waals surface area (Å²) in [5.74, 6) is 0.708. The van der Waals surface area contributed by atoms with E-state index in [1.165, 1.54) is 5.56 Å². The Labute approximate surface area is 183 Å². The highest BCUT2D eigenvalue weighted by Crippen LogP contribution is 2.25. The predicted octanol–water partition coefficient (Wildman–Crippen LogP) is 3.94. The molecule has 0 fully saturated rings. The van der Waals surface area contributed by atoms with Crippen LogP contribution in [0.5, 0.6) is 0 Å². The maximum absolute atomic E-state index is 4.60. The van der Waals surface area contributed by atoms with Crippen LogP contribution in [0.25, 0.3) is 16.9 Å². The molecule has 0 spiro atoms. The highest BCUT2D eigenvalue weighted by molar-refractivity contribution is 14.2. The molecule has 0 atom stereocenters. The third-order valence-corrected chi connectivity index (χ3v) is 5.87. The molecule has 4 heterocycles. The zero-order valence-corrected chi connectivity index (χ0v) is 18.2. The second-order valence-corrected chi connectivity index (χ2v) is 8.48. The average molecular weight is 510 g/mol. The number of aromatic nitrogens is 7. The number of anilines is 2. The summed E-state index contributed by atoms with van der Waals surface area (Å²) in [6.07, 6.45) is 13.2. The van der Waals surface area contributed by atoms with E-state index in [1.807, 2.05) is 62.9 Å². The number of nitrogens with zero attached hydrogens (tertiary/aromatic N) is 7. The van der Waals surface area contributed by atoms with Crippen LogP contribution >= 0.6 is 20.7 Å². The Morgan fingerprint density at radius 1 is 0.967 bits per heavy atom. The standard InChI is InChI=1S/C21H19IN8/c1-22-15-29-14-17(11-26-29)19-12-24-21-20(23-8-10-30(19)21)27-18-5-3-16(4-6-18)13-28-9-2-7-25-28/h2-12,14H,1,13,15H2,(H,23,27). The van der Waals surface area contributed by atoms with Gasteiger partial charge in [0, 0.05) is 42.2 Å². The molecule has 0 amide bonds. The van der Waals surface area contributed by atoms with Crippen LogP contribution in [-0.4, -0.2) is 38.4 Å². The van der Waals surface area contributed by atoms with Crippen LogP contribution in [0.15, 0.2) is 73.7 Å². The molecule has 9 heteroatoms. The number of nitrogens with one attached hydrogen (secondary N) is 1. The molecule has 0 aliphatic heterocycles. The first kappa shape index (κ1) is 18.7. The fourth-order valence-electron chi connectivity index (χ4n) is 3.28. The highest BCUT2D eigenvalue weighted by atomic mass is 127. The van der Waals surface area contributed by atoms with Gasteiger partial charge < -0.3 is 5.32 Å². The Bertz CT molecular complexity index is 1280. The minimum atomic E-state index is -0.0976. The Kier molecular flexibility index (Phi) is 5.10. The molecule has 8 nitrogen and oxygen atoms in total. The van der Waals surface area contributed by atoms with Gasteiger partial charge in [-0.1, -0.05) is 16.6 Å². The molecule has 150 valence electrons. The van der Waals surface area contributed by atoms with Gasteiger partial charge in [-0.3, -0.25) is 13.8 Å². The van der Waals surface area contributed by atoms with Gasteiger partial charge in [0.25, 0.3) is 0 Å². The minimum Gasteiger partial charge on any atom is -0.337 e. The molecule has 0 unspecified atom stereocenters. The smallest absolute Gasteiger partial charge is 0.180 e. The van der Waals surface area contributed by atoms with Crippen LogP contribution in [0.2, 0.25) is 0 Å². The van der Waals surface area contributed by atoms with Crippen molar-refractivity contribution >= 4 is 42.4 Å². The van der Waals surface area contributed by atoms with Crippen molar-refractivity contribution in [1.29, 1.82) is 0 Å². The van der Waals surface area contributed by atoms with Gasteiger partial charge in [-0.15, -0.1) is 20.7 Å². The summed E-state index contributed by atoms with van der Waals surface area (Å²) >= 11 is -0.0976. The van der Waals surface area contributed by atoms with Gasteiger partial charge in [-0.25, -0.2) is 9.97 Å². The molecule has 0 aliphatic carbocycles. The number of benzene rings is 1. The van der Waals surface area contributed by atoms with Crippen molar-refractivity contribution < 1.29 is 0 Å². The van der Waals surface area contributed by atoms with Gasteiger partial charge in [-0.2, -0.15) is 10.2 Å². The van der Waals surface area contributed by atoms with Crippen molar-refractivity contribution in [2.24, 2.45) is 0 Å². The largest absolute Gasteiger partial charge is 0.337 e. The van der Waals surface area contributed by atoms with Crippen LogP contribution in [0.4, 0.5) is 11.5 Å². The van der Waals surface area contributed by atoms with E-state index in [9.17, 15) is 0 Å². The van der Waals surface area contributed by atoms with Crippen molar-refractivity contribution in [2.45, 2.75) is 11.1 Å². The number of imidazole rings is 1. The van der Waals surface area contributed by atoms with Gasteiger partial charge in [0.05, 0.1) is 29.2 Å². The van der Waals surface area contributed by atoms with Gasteiger partial charge in [0.15, 0.2) is 11.5 Å². The second kappa shape index (κ2) is 8.19. The number of fused-ring (bicyclic) bond motifs is 1. The monoisotopic (exact) mass is 510 g/mol. The predicted molar refractivity (Wildman–Crippen MR) is 126 cm³/mol. The van der Waals surface area contributed by atoms with E-state index >= 15 is 0 Å². The summed E-state index contributed by atoms with van der Waals surface area (Å²) in [5.41, 5.74) is 4.92. The van der Waals surface area contributed by atoms with E-state index in [4.69, 9.17) is 0 Å². The number of rotatable bonds is 7. The quantitative estimate of drug-likeness (QED) is 0.265. The first-order valence-corrected chi connectivity index (χ1v) is 12.4.